The van der Waals surface area contributed by atoms with Gasteiger partial charge in [0.25, 0.3) is 0 Å². The minimum absolute atomic E-state index is 0.115. The maximum absolute atomic E-state index is 11.0. The maximum atomic E-state index is 11.0. The highest BCUT2D eigenvalue weighted by atomic mass is 16.5. The first-order valence-electron chi connectivity index (χ1n) is 4.54. The van der Waals surface area contributed by atoms with Crippen molar-refractivity contribution in [1.29, 1.82) is 0 Å². The summed E-state index contributed by atoms with van der Waals surface area (Å²) in [6.45, 7) is 7.28. The van der Waals surface area contributed by atoms with Crippen LogP contribution in [0.25, 0.3) is 0 Å². The van der Waals surface area contributed by atoms with Gasteiger partial charge in [0.2, 0.25) is 5.91 Å². The summed E-state index contributed by atoms with van der Waals surface area (Å²) >= 11 is 0. The lowest BCUT2D eigenvalue weighted by Gasteiger charge is -2.07. The Morgan fingerprint density at radius 1 is 1.50 bits per heavy atom. The second-order valence-corrected chi connectivity index (χ2v) is 3.02. The van der Waals surface area contributed by atoms with Crippen molar-refractivity contribution in [3.8, 4) is 0 Å². The first kappa shape index (κ1) is 11.4. The Bertz CT molecular complexity index is 124. The fraction of sp³-hybridized carbons (Fsp3) is 0.889. The molecular weight excluding hydrogens is 154 g/mol. The average Bonchev–Trinajstić information content (AvgIpc) is 1.97. The summed E-state index contributed by atoms with van der Waals surface area (Å²) in [6.07, 6.45) is 1.38. The van der Waals surface area contributed by atoms with Crippen LogP contribution in [0.15, 0.2) is 0 Å². The molecule has 0 radical (unpaired) electrons. The van der Waals surface area contributed by atoms with E-state index in [1.807, 2.05) is 20.8 Å². The lowest BCUT2D eigenvalue weighted by atomic mass is 10.3. The van der Waals surface area contributed by atoms with Crippen molar-refractivity contribution in [2.24, 2.45) is 0 Å². The van der Waals surface area contributed by atoms with Gasteiger partial charge in [-0.15, -0.1) is 0 Å². The molecule has 3 heteroatoms. The van der Waals surface area contributed by atoms with Gasteiger partial charge in [-0.3, -0.25) is 4.79 Å². The molecule has 72 valence electrons. The molecule has 0 bridgehead atoms. The Balaban J connectivity index is 3.20. The van der Waals surface area contributed by atoms with Crippen LogP contribution in [0.2, 0.25) is 0 Å². The molecule has 0 rings (SSSR count). The van der Waals surface area contributed by atoms with E-state index in [0.29, 0.717) is 13.0 Å². The molecule has 1 N–H and O–H groups in total. The molecule has 12 heavy (non-hydrogen) atoms. The minimum atomic E-state index is 0.115. The second kappa shape index (κ2) is 7.10. The zero-order valence-corrected chi connectivity index (χ0v) is 8.22. The Hall–Kier alpha value is -0.570. The molecule has 0 aromatic rings. The Kier molecular flexibility index (Phi) is 6.76. The van der Waals surface area contributed by atoms with Crippen molar-refractivity contribution in [3.63, 3.8) is 0 Å². The minimum Gasteiger partial charge on any atom is -0.382 e. The van der Waals surface area contributed by atoms with Crippen molar-refractivity contribution in [2.45, 2.75) is 39.7 Å². The summed E-state index contributed by atoms with van der Waals surface area (Å²) in [6, 6.07) is 0.240. The standard InChI is InChI=1S/C9H19NO2/c1-4-12-7-5-6-9(11)10-8(2)3/h8H,4-7H2,1-3H3,(H,10,11). The molecule has 0 spiro atoms. The number of nitrogens with one attached hydrogen (secondary N) is 1. The molecule has 1 amide bonds. The van der Waals surface area contributed by atoms with E-state index < -0.39 is 0 Å². The van der Waals surface area contributed by atoms with E-state index in [1.54, 1.807) is 0 Å². The molecule has 0 aliphatic rings. The highest BCUT2D eigenvalue weighted by molar-refractivity contribution is 5.76. The van der Waals surface area contributed by atoms with Gasteiger partial charge in [0.05, 0.1) is 0 Å². The SMILES string of the molecule is CCOCCCC(=O)NC(C)C. The normalized spacial score (nSPS) is 10.3. The zero-order chi connectivity index (χ0) is 9.40. The molecule has 0 fully saturated rings. The van der Waals surface area contributed by atoms with Crippen LogP contribution in [0.4, 0.5) is 0 Å². The van der Waals surface area contributed by atoms with Gasteiger partial charge in [-0.05, 0) is 27.2 Å². The van der Waals surface area contributed by atoms with E-state index in [2.05, 4.69) is 5.32 Å². The Morgan fingerprint density at radius 3 is 2.67 bits per heavy atom. The van der Waals surface area contributed by atoms with Crippen LogP contribution < -0.4 is 5.32 Å². The number of carbonyl (C=O) groups is 1. The van der Waals surface area contributed by atoms with E-state index in [0.717, 1.165) is 13.0 Å². The molecule has 0 atom stereocenters. The second-order valence-electron chi connectivity index (χ2n) is 3.02. The summed E-state index contributed by atoms with van der Waals surface area (Å²) in [7, 11) is 0. The summed E-state index contributed by atoms with van der Waals surface area (Å²) in [5.41, 5.74) is 0. The number of rotatable bonds is 6. The first-order valence-corrected chi connectivity index (χ1v) is 4.54. The lowest BCUT2D eigenvalue weighted by molar-refractivity contribution is -0.121. The van der Waals surface area contributed by atoms with Crippen molar-refractivity contribution < 1.29 is 9.53 Å². The number of hydrogen-bond acceptors (Lipinski definition) is 2. The van der Waals surface area contributed by atoms with E-state index in [9.17, 15) is 4.79 Å². The van der Waals surface area contributed by atoms with Gasteiger partial charge in [-0.25, -0.2) is 0 Å². The summed E-state index contributed by atoms with van der Waals surface area (Å²) in [5.74, 6) is 0.115. The topological polar surface area (TPSA) is 38.3 Å². The maximum Gasteiger partial charge on any atom is 0.220 e. The molecular formula is C9H19NO2. The highest BCUT2D eigenvalue weighted by Crippen LogP contribution is 1.91. The molecule has 0 aromatic carbocycles. The monoisotopic (exact) mass is 173 g/mol. The molecule has 3 nitrogen and oxygen atoms in total. The largest absolute Gasteiger partial charge is 0.382 e. The van der Waals surface area contributed by atoms with Gasteiger partial charge in [0.1, 0.15) is 0 Å². The molecule has 0 saturated carbocycles. The average molecular weight is 173 g/mol. The third-order valence-electron chi connectivity index (χ3n) is 1.35. The van der Waals surface area contributed by atoms with Crippen molar-refractivity contribution in [2.75, 3.05) is 13.2 Å². The van der Waals surface area contributed by atoms with Gasteiger partial charge in [-0.2, -0.15) is 0 Å². The smallest absolute Gasteiger partial charge is 0.220 e. The summed E-state index contributed by atoms with van der Waals surface area (Å²) in [4.78, 5) is 11.0. The van der Waals surface area contributed by atoms with Crippen molar-refractivity contribution in [3.05, 3.63) is 0 Å². The highest BCUT2D eigenvalue weighted by Gasteiger charge is 2.01. The predicted octanol–water partition coefficient (Wildman–Crippen LogP) is 1.33. The molecule has 0 aliphatic heterocycles. The Labute approximate surface area is 74.5 Å². The number of hydrogen-bond donors (Lipinski definition) is 1. The van der Waals surface area contributed by atoms with Gasteiger partial charge in [-0.1, -0.05) is 0 Å². The van der Waals surface area contributed by atoms with Crippen LogP contribution in [0.1, 0.15) is 33.6 Å². The number of ether oxygens (including phenoxy) is 1. The molecule has 0 heterocycles. The van der Waals surface area contributed by atoms with Crippen LogP contribution in [0.5, 0.6) is 0 Å². The first-order chi connectivity index (χ1) is 5.66. The van der Waals surface area contributed by atoms with Crippen LogP contribution in [0.3, 0.4) is 0 Å². The van der Waals surface area contributed by atoms with Gasteiger partial charge >= 0.3 is 0 Å². The summed E-state index contributed by atoms with van der Waals surface area (Å²) in [5, 5.41) is 2.83. The summed E-state index contributed by atoms with van der Waals surface area (Å²) < 4.78 is 5.11. The van der Waals surface area contributed by atoms with Crippen LogP contribution >= 0.6 is 0 Å². The molecule has 0 saturated heterocycles. The fourth-order valence-corrected chi connectivity index (χ4v) is 0.873. The van der Waals surface area contributed by atoms with Crippen LogP contribution in [-0.4, -0.2) is 25.2 Å². The lowest BCUT2D eigenvalue weighted by Crippen LogP contribution is -2.29. The van der Waals surface area contributed by atoms with E-state index in [1.165, 1.54) is 0 Å². The third-order valence-corrected chi connectivity index (χ3v) is 1.35. The van der Waals surface area contributed by atoms with Crippen LogP contribution in [0, 0.1) is 0 Å². The van der Waals surface area contributed by atoms with E-state index >= 15 is 0 Å². The van der Waals surface area contributed by atoms with Crippen LogP contribution in [-0.2, 0) is 9.53 Å². The van der Waals surface area contributed by atoms with Gasteiger partial charge in [0.15, 0.2) is 0 Å². The predicted molar refractivity (Wildman–Crippen MR) is 49.0 cm³/mol. The number of amides is 1. The van der Waals surface area contributed by atoms with Gasteiger partial charge in [0, 0.05) is 25.7 Å². The quantitative estimate of drug-likeness (QED) is 0.615. The third kappa shape index (κ3) is 7.54. The fourth-order valence-electron chi connectivity index (χ4n) is 0.873. The molecule has 0 aliphatic carbocycles. The molecule has 0 aromatic heterocycles. The van der Waals surface area contributed by atoms with E-state index in [-0.39, 0.29) is 11.9 Å². The van der Waals surface area contributed by atoms with E-state index in [4.69, 9.17) is 4.74 Å². The Morgan fingerprint density at radius 2 is 2.17 bits per heavy atom. The van der Waals surface area contributed by atoms with Gasteiger partial charge < -0.3 is 10.1 Å². The molecule has 0 unspecified atom stereocenters. The zero-order valence-electron chi connectivity index (χ0n) is 8.22. The van der Waals surface area contributed by atoms with Crippen molar-refractivity contribution in [1.82, 2.24) is 5.32 Å². The number of carbonyl (C=O) groups excluding carboxylic acids is 1. The van der Waals surface area contributed by atoms with Crippen molar-refractivity contribution >= 4 is 5.91 Å².